The smallest absolute Gasteiger partial charge is 0.292 e. The molecular formula is C22H26FN3O3+2. The van der Waals surface area contributed by atoms with E-state index in [0.717, 1.165) is 36.6 Å². The summed E-state index contributed by atoms with van der Waals surface area (Å²) < 4.78 is 19.0. The molecule has 2 aromatic rings. The molecule has 2 aromatic carbocycles. The van der Waals surface area contributed by atoms with Gasteiger partial charge in [0.25, 0.3) is 5.91 Å². The maximum atomic E-state index is 13.6. The summed E-state index contributed by atoms with van der Waals surface area (Å²) in [4.78, 5) is 29.2. The lowest BCUT2D eigenvalue weighted by Gasteiger charge is -2.32. The van der Waals surface area contributed by atoms with Crippen LogP contribution in [0.3, 0.4) is 0 Å². The molecule has 0 aromatic heterocycles. The zero-order valence-electron chi connectivity index (χ0n) is 16.5. The van der Waals surface area contributed by atoms with E-state index in [4.69, 9.17) is 4.74 Å². The molecule has 0 spiro atoms. The normalized spacial score (nSPS) is 24.8. The average Bonchev–Trinajstić information content (AvgIpc) is 3.03. The standard InChI is InChI=1S/C22H24FN3O3/c1-29-20-8-7-17(23)13-16(20)15-24-9-11-25(12-10-24)19-14-21(27)26(22(19)28)18-5-3-2-4-6-18/h2-8,13,19H,9-12,14-15H2,1H3/p+2/t19-/m1/s1. The predicted octanol–water partition coefficient (Wildman–Crippen LogP) is -0.550. The van der Waals surface area contributed by atoms with Crippen molar-refractivity contribution in [2.75, 3.05) is 38.2 Å². The van der Waals surface area contributed by atoms with Gasteiger partial charge in [0.05, 0.1) is 24.8 Å². The van der Waals surface area contributed by atoms with Gasteiger partial charge in [-0.15, -0.1) is 0 Å². The monoisotopic (exact) mass is 399 g/mol. The van der Waals surface area contributed by atoms with Gasteiger partial charge in [-0.05, 0) is 30.3 Å². The van der Waals surface area contributed by atoms with Crippen LogP contribution in [-0.4, -0.2) is 51.1 Å². The Morgan fingerprint density at radius 2 is 1.79 bits per heavy atom. The summed E-state index contributed by atoms with van der Waals surface area (Å²) in [6, 6.07) is 13.4. The average molecular weight is 399 g/mol. The van der Waals surface area contributed by atoms with Crippen LogP contribution in [0.25, 0.3) is 0 Å². The van der Waals surface area contributed by atoms with Gasteiger partial charge in [0, 0.05) is 0 Å². The van der Waals surface area contributed by atoms with E-state index in [1.165, 1.54) is 21.9 Å². The van der Waals surface area contributed by atoms with Gasteiger partial charge in [0.2, 0.25) is 5.91 Å². The van der Waals surface area contributed by atoms with Gasteiger partial charge in [-0.3, -0.25) is 9.59 Å². The highest BCUT2D eigenvalue weighted by Gasteiger charge is 2.46. The summed E-state index contributed by atoms with van der Waals surface area (Å²) in [5, 5.41) is 0. The number of anilines is 1. The van der Waals surface area contributed by atoms with Crippen LogP contribution < -0.4 is 19.4 Å². The number of nitrogens with one attached hydrogen (secondary N) is 2. The Balaban J connectivity index is 1.38. The molecule has 0 radical (unpaired) electrons. The van der Waals surface area contributed by atoms with Crippen molar-refractivity contribution in [1.29, 1.82) is 0 Å². The lowest BCUT2D eigenvalue weighted by molar-refractivity contribution is -1.02. The Kier molecular flexibility index (Phi) is 5.60. The Labute approximate surface area is 169 Å². The van der Waals surface area contributed by atoms with E-state index in [0.29, 0.717) is 18.0 Å². The van der Waals surface area contributed by atoms with Gasteiger partial charge in [-0.25, -0.2) is 9.29 Å². The van der Waals surface area contributed by atoms with Crippen LogP contribution in [0, 0.1) is 5.82 Å². The Hall–Kier alpha value is -2.77. The number of hydrogen-bond donors (Lipinski definition) is 2. The first-order chi connectivity index (χ1) is 14.1. The van der Waals surface area contributed by atoms with E-state index in [9.17, 15) is 14.0 Å². The van der Waals surface area contributed by atoms with Crippen LogP contribution in [0.5, 0.6) is 5.75 Å². The van der Waals surface area contributed by atoms with Crippen LogP contribution in [0.1, 0.15) is 12.0 Å². The molecule has 152 valence electrons. The molecule has 2 saturated heterocycles. The molecule has 1 atom stereocenters. The number of benzene rings is 2. The third kappa shape index (κ3) is 4.02. The van der Waals surface area contributed by atoms with Gasteiger partial charge >= 0.3 is 0 Å². The van der Waals surface area contributed by atoms with Crippen molar-refractivity contribution in [2.24, 2.45) is 0 Å². The summed E-state index contributed by atoms with van der Waals surface area (Å²) >= 11 is 0. The third-order valence-corrected chi connectivity index (χ3v) is 5.94. The molecule has 0 aliphatic carbocycles. The first-order valence-corrected chi connectivity index (χ1v) is 9.99. The first kappa shape index (κ1) is 19.5. The van der Waals surface area contributed by atoms with E-state index in [1.54, 1.807) is 25.3 Å². The number of methoxy groups -OCH3 is 1. The Bertz CT molecular complexity index is 897. The quantitative estimate of drug-likeness (QED) is 0.664. The number of nitrogens with zero attached hydrogens (tertiary/aromatic N) is 1. The second kappa shape index (κ2) is 8.31. The zero-order valence-corrected chi connectivity index (χ0v) is 16.5. The molecular weight excluding hydrogens is 373 g/mol. The number of imide groups is 1. The van der Waals surface area contributed by atoms with Crippen molar-refractivity contribution in [2.45, 2.75) is 19.0 Å². The Morgan fingerprint density at radius 1 is 1.07 bits per heavy atom. The highest BCUT2D eigenvalue weighted by atomic mass is 19.1. The van der Waals surface area contributed by atoms with Crippen molar-refractivity contribution in [3.05, 3.63) is 59.9 Å². The van der Waals surface area contributed by atoms with Gasteiger partial charge < -0.3 is 14.5 Å². The summed E-state index contributed by atoms with van der Waals surface area (Å²) in [6.45, 7) is 4.01. The summed E-state index contributed by atoms with van der Waals surface area (Å²) in [6.07, 6.45) is 0.260. The number of quaternary nitrogens is 2. The predicted molar refractivity (Wildman–Crippen MR) is 105 cm³/mol. The second-order valence-electron chi connectivity index (χ2n) is 7.70. The molecule has 6 nitrogen and oxygen atoms in total. The number of carbonyl (C=O) groups is 2. The van der Waals surface area contributed by atoms with Crippen molar-refractivity contribution in [1.82, 2.24) is 0 Å². The van der Waals surface area contributed by atoms with Crippen molar-refractivity contribution >= 4 is 17.5 Å². The third-order valence-electron chi connectivity index (χ3n) is 5.94. The first-order valence-electron chi connectivity index (χ1n) is 9.99. The lowest BCUT2D eigenvalue weighted by atomic mass is 10.1. The van der Waals surface area contributed by atoms with Crippen LogP contribution in [0.15, 0.2) is 48.5 Å². The van der Waals surface area contributed by atoms with Crippen LogP contribution in [0.4, 0.5) is 10.1 Å². The number of para-hydroxylation sites is 1. The molecule has 2 aliphatic rings. The number of amides is 2. The molecule has 0 saturated carbocycles. The number of hydrogen-bond acceptors (Lipinski definition) is 3. The second-order valence-corrected chi connectivity index (χ2v) is 7.70. The molecule has 2 heterocycles. The fraction of sp³-hybridized carbons (Fsp3) is 0.364. The molecule has 0 unspecified atom stereocenters. The largest absolute Gasteiger partial charge is 0.496 e. The van der Waals surface area contributed by atoms with Crippen LogP contribution in [-0.2, 0) is 16.1 Å². The van der Waals surface area contributed by atoms with Crippen molar-refractivity contribution in [3.8, 4) is 5.75 Å². The van der Waals surface area contributed by atoms with E-state index < -0.39 is 0 Å². The minimum Gasteiger partial charge on any atom is -0.496 e. The van der Waals surface area contributed by atoms with E-state index in [2.05, 4.69) is 0 Å². The molecule has 2 aliphatic heterocycles. The summed E-state index contributed by atoms with van der Waals surface area (Å²) in [7, 11) is 1.59. The molecule has 29 heavy (non-hydrogen) atoms. The SMILES string of the molecule is COc1ccc(F)cc1C[NH+]1CC[NH+]([C@@H]2CC(=O)N(c3ccccc3)C2=O)CC1. The highest BCUT2D eigenvalue weighted by Crippen LogP contribution is 2.21. The molecule has 2 amide bonds. The molecule has 7 heteroatoms. The topological polar surface area (TPSA) is 55.5 Å². The molecule has 2 fully saturated rings. The zero-order chi connectivity index (χ0) is 20.4. The van der Waals surface area contributed by atoms with E-state index in [-0.39, 0.29) is 30.1 Å². The van der Waals surface area contributed by atoms with Crippen LogP contribution in [0.2, 0.25) is 0 Å². The maximum absolute atomic E-state index is 13.6. The number of piperazine rings is 1. The fourth-order valence-corrected chi connectivity index (χ4v) is 4.40. The fourth-order valence-electron chi connectivity index (χ4n) is 4.40. The number of halogens is 1. The Morgan fingerprint density at radius 3 is 2.48 bits per heavy atom. The van der Waals surface area contributed by atoms with Gasteiger partial charge in [-0.2, -0.15) is 0 Å². The molecule has 0 bridgehead atoms. The number of ether oxygens (including phenoxy) is 1. The molecule has 4 rings (SSSR count). The number of rotatable bonds is 5. The van der Waals surface area contributed by atoms with Crippen LogP contribution >= 0.6 is 0 Å². The minimum absolute atomic E-state index is 0.105. The van der Waals surface area contributed by atoms with Gasteiger partial charge in [0.1, 0.15) is 44.3 Å². The lowest BCUT2D eigenvalue weighted by Crippen LogP contribution is -3.29. The van der Waals surface area contributed by atoms with Crippen molar-refractivity contribution in [3.63, 3.8) is 0 Å². The molecule has 2 N–H and O–H groups in total. The van der Waals surface area contributed by atoms with E-state index in [1.807, 2.05) is 18.2 Å². The van der Waals surface area contributed by atoms with Gasteiger partial charge in [-0.1, -0.05) is 18.2 Å². The maximum Gasteiger partial charge on any atom is 0.292 e. The van der Waals surface area contributed by atoms with E-state index >= 15 is 0 Å². The minimum atomic E-state index is -0.312. The number of carbonyl (C=O) groups excluding carboxylic acids is 2. The summed E-state index contributed by atoms with van der Waals surface area (Å²) in [5.41, 5.74) is 1.50. The van der Waals surface area contributed by atoms with Gasteiger partial charge in [0.15, 0.2) is 6.04 Å². The highest BCUT2D eigenvalue weighted by molar-refractivity contribution is 6.21. The van der Waals surface area contributed by atoms with Crippen molar-refractivity contribution < 1.29 is 28.5 Å². The summed E-state index contributed by atoms with van der Waals surface area (Å²) in [5.74, 6) is 0.202.